The molecule has 0 aliphatic heterocycles. The fraction of sp³-hybridized carbons (Fsp3) is 0.769. The van der Waals surface area contributed by atoms with E-state index in [2.05, 4.69) is 43.5 Å². The quantitative estimate of drug-likeness (QED) is 0.697. The third-order valence-corrected chi connectivity index (χ3v) is 3.58. The van der Waals surface area contributed by atoms with Crippen LogP contribution in [0.4, 0.5) is 0 Å². The van der Waals surface area contributed by atoms with Crippen LogP contribution in [0.1, 0.15) is 45.5 Å². The predicted octanol–water partition coefficient (Wildman–Crippen LogP) is 3.66. The van der Waals surface area contributed by atoms with E-state index >= 15 is 0 Å². The Hall–Kier alpha value is -0.500. The smallest absolute Gasteiger partial charge is 0.0624 e. The SMILES string of the molecule is CCc1cc(CC(CC)C(C)Cl)n(CC)n1. The normalized spacial score (nSPS) is 15.1. The van der Waals surface area contributed by atoms with Crippen molar-refractivity contribution in [1.29, 1.82) is 0 Å². The molecule has 0 radical (unpaired) electrons. The molecule has 2 nitrogen and oxygen atoms in total. The molecule has 2 atom stereocenters. The Morgan fingerprint density at radius 3 is 2.50 bits per heavy atom. The summed E-state index contributed by atoms with van der Waals surface area (Å²) < 4.78 is 2.11. The Kier molecular flexibility index (Phi) is 5.33. The molecule has 0 fully saturated rings. The summed E-state index contributed by atoms with van der Waals surface area (Å²) in [6.07, 6.45) is 3.18. The van der Waals surface area contributed by atoms with Crippen molar-refractivity contribution in [1.82, 2.24) is 9.78 Å². The summed E-state index contributed by atoms with van der Waals surface area (Å²) in [7, 11) is 0. The van der Waals surface area contributed by atoms with E-state index in [0.717, 1.165) is 25.8 Å². The van der Waals surface area contributed by atoms with Gasteiger partial charge in [-0.3, -0.25) is 4.68 Å². The topological polar surface area (TPSA) is 17.8 Å². The van der Waals surface area contributed by atoms with Crippen molar-refractivity contribution in [3.8, 4) is 0 Å². The fourth-order valence-electron chi connectivity index (χ4n) is 2.03. The first-order chi connectivity index (χ1) is 7.62. The Morgan fingerprint density at radius 1 is 1.38 bits per heavy atom. The second-order valence-electron chi connectivity index (χ2n) is 4.35. The van der Waals surface area contributed by atoms with Crippen molar-refractivity contribution in [3.05, 3.63) is 17.5 Å². The molecule has 0 spiro atoms. The summed E-state index contributed by atoms with van der Waals surface area (Å²) in [5, 5.41) is 4.80. The number of hydrogen-bond donors (Lipinski definition) is 0. The third kappa shape index (κ3) is 3.24. The van der Waals surface area contributed by atoms with E-state index in [1.807, 2.05) is 0 Å². The Morgan fingerprint density at radius 2 is 2.06 bits per heavy atom. The second-order valence-corrected chi connectivity index (χ2v) is 5.03. The van der Waals surface area contributed by atoms with Crippen molar-refractivity contribution >= 4 is 11.6 Å². The van der Waals surface area contributed by atoms with Crippen molar-refractivity contribution in [2.75, 3.05) is 0 Å². The monoisotopic (exact) mass is 242 g/mol. The van der Waals surface area contributed by atoms with Crippen molar-refractivity contribution < 1.29 is 0 Å². The molecule has 2 unspecified atom stereocenters. The summed E-state index contributed by atoms with van der Waals surface area (Å²) in [6.45, 7) is 9.52. The minimum absolute atomic E-state index is 0.232. The van der Waals surface area contributed by atoms with Crippen LogP contribution in [0.3, 0.4) is 0 Å². The number of hydrogen-bond acceptors (Lipinski definition) is 1. The molecule has 0 aliphatic rings. The van der Waals surface area contributed by atoms with Gasteiger partial charge in [0.25, 0.3) is 0 Å². The highest BCUT2D eigenvalue weighted by Gasteiger charge is 2.16. The van der Waals surface area contributed by atoms with Crippen molar-refractivity contribution in [3.63, 3.8) is 0 Å². The zero-order valence-electron chi connectivity index (χ0n) is 10.8. The molecule has 0 saturated heterocycles. The minimum Gasteiger partial charge on any atom is -0.270 e. The minimum atomic E-state index is 0.232. The first-order valence-corrected chi connectivity index (χ1v) is 6.75. The number of halogens is 1. The van der Waals surface area contributed by atoms with Gasteiger partial charge in [-0.1, -0.05) is 20.3 Å². The molecule has 1 aromatic heterocycles. The average molecular weight is 243 g/mol. The van der Waals surface area contributed by atoms with Crippen LogP contribution in [-0.2, 0) is 19.4 Å². The van der Waals surface area contributed by atoms with Crippen molar-refractivity contribution in [2.45, 2.75) is 58.9 Å². The lowest BCUT2D eigenvalue weighted by Gasteiger charge is -2.17. The van der Waals surface area contributed by atoms with Gasteiger partial charge in [-0.05, 0) is 38.7 Å². The summed E-state index contributed by atoms with van der Waals surface area (Å²) in [5.74, 6) is 0.549. The lowest BCUT2D eigenvalue weighted by molar-refractivity contribution is 0.471. The Bertz CT molecular complexity index is 318. The average Bonchev–Trinajstić information content (AvgIpc) is 2.67. The molecular weight excluding hydrogens is 220 g/mol. The van der Waals surface area contributed by atoms with Gasteiger partial charge in [0.1, 0.15) is 0 Å². The molecule has 0 aromatic carbocycles. The molecule has 92 valence electrons. The van der Waals surface area contributed by atoms with Gasteiger partial charge in [-0.2, -0.15) is 5.10 Å². The number of aryl methyl sites for hydroxylation is 2. The van der Waals surface area contributed by atoms with Gasteiger partial charge in [0, 0.05) is 17.6 Å². The third-order valence-electron chi connectivity index (χ3n) is 3.22. The van der Waals surface area contributed by atoms with E-state index in [1.54, 1.807) is 0 Å². The zero-order valence-corrected chi connectivity index (χ0v) is 11.6. The summed E-state index contributed by atoms with van der Waals surface area (Å²) in [6, 6.07) is 2.23. The number of rotatable bonds is 6. The summed E-state index contributed by atoms with van der Waals surface area (Å²) in [5.41, 5.74) is 2.52. The lowest BCUT2D eigenvalue weighted by Crippen LogP contribution is -2.16. The number of nitrogens with zero attached hydrogens (tertiary/aromatic N) is 2. The lowest BCUT2D eigenvalue weighted by atomic mass is 9.97. The van der Waals surface area contributed by atoms with Gasteiger partial charge in [-0.25, -0.2) is 0 Å². The number of alkyl halides is 1. The van der Waals surface area contributed by atoms with E-state index in [-0.39, 0.29) is 5.38 Å². The van der Waals surface area contributed by atoms with Crippen LogP contribution in [-0.4, -0.2) is 15.2 Å². The number of aromatic nitrogens is 2. The van der Waals surface area contributed by atoms with Gasteiger partial charge >= 0.3 is 0 Å². The van der Waals surface area contributed by atoms with Crippen LogP contribution < -0.4 is 0 Å². The van der Waals surface area contributed by atoms with Gasteiger partial charge in [-0.15, -0.1) is 11.6 Å². The maximum atomic E-state index is 6.20. The highest BCUT2D eigenvalue weighted by atomic mass is 35.5. The van der Waals surface area contributed by atoms with E-state index in [0.29, 0.717) is 5.92 Å². The van der Waals surface area contributed by atoms with Gasteiger partial charge < -0.3 is 0 Å². The van der Waals surface area contributed by atoms with Gasteiger partial charge in [0.15, 0.2) is 0 Å². The molecule has 0 N–H and O–H groups in total. The predicted molar refractivity (Wildman–Crippen MR) is 70.1 cm³/mol. The van der Waals surface area contributed by atoms with Crippen molar-refractivity contribution in [2.24, 2.45) is 5.92 Å². The molecule has 0 aliphatic carbocycles. The van der Waals surface area contributed by atoms with Crippen LogP contribution >= 0.6 is 11.6 Å². The summed E-state index contributed by atoms with van der Waals surface area (Å²) in [4.78, 5) is 0. The molecule has 1 aromatic rings. The highest BCUT2D eigenvalue weighted by molar-refractivity contribution is 6.20. The van der Waals surface area contributed by atoms with Crippen LogP contribution in [0, 0.1) is 5.92 Å². The van der Waals surface area contributed by atoms with Gasteiger partial charge in [0.05, 0.1) is 5.69 Å². The zero-order chi connectivity index (χ0) is 12.1. The molecule has 0 saturated carbocycles. The largest absolute Gasteiger partial charge is 0.270 e. The molecule has 1 heterocycles. The molecule has 0 bridgehead atoms. The Balaban J connectivity index is 2.81. The second kappa shape index (κ2) is 6.29. The van der Waals surface area contributed by atoms with Crippen LogP contribution in [0.5, 0.6) is 0 Å². The van der Waals surface area contributed by atoms with E-state index in [9.17, 15) is 0 Å². The summed E-state index contributed by atoms with van der Waals surface area (Å²) >= 11 is 6.20. The van der Waals surface area contributed by atoms with E-state index < -0.39 is 0 Å². The molecule has 16 heavy (non-hydrogen) atoms. The highest BCUT2D eigenvalue weighted by Crippen LogP contribution is 2.20. The molecule has 3 heteroatoms. The molecule has 1 rings (SSSR count). The van der Waals surface area contributed by atoms with Crippen LogP contribution in [0.15, 0.2) is 6.07 Å². The van der Waals surface area contributed by atoms with E-state index in [4.69, 9.17) is 11.6 Å². The fourth-order valence-corrected chi connectivity index (χ4v) is 2.29. The molecular formula is C13H23ClN2. The maximum Gasteiger partial charge on any atom is 0.0624 e. The first kappa shape index (κ1) is 13.6. The maximum absolute atomic E-state index is 6.20. The first-order valence-electron chi connectivity index (χ1n) is 6.31. The van der Waals surface area contributed by atoms with E-state index in [1.165, 1.54) is 11.4 Å². The van der Waals surface area contributed by atoms with Crippen LogP contribution in [0.2, 0.25) is 0 Å². The Labute approximate surface area is 104 Å². The standard InChI is InChI=1S/C13H23ClN2/c1-5-11(10(4)14)8-13-9-12(6-2)15-16(13)7-3/h9-11H,5-8H2,1-4H3. The van der Waals surface area contributed by atoms with Gasteiger partial charge in [0.2, 0.25) is 0 Å². The molecule has 0 amide bonds. The van der Waals surface area contributed by atoms with Crippen LogP contribution in [0.25, 0.3) is 0 Å².